The zero-order valence-corrected chi connectivity index (χ0v) is 12.7. The fourth-order valence-electron chi connectivity index (χ4n) is 3.25. The maximum Gasteiger partial charge on any atom is 0.135 e. The van der Waals surface area contributed by atoms with Gasteiger partial charge in [0.15, 0.2) is 0 Å². The van der Waals surface area contributed by atoms with Gasteiger partial charge in [-0.3, -0.25) is 4.79 Å². The van der Waals surface area contributed by atoms with E-state index in [0.29, 0.717) is 17.6 Å². The smallest absolute Gasteiger partial charge is 0.135 e. The lowest BCUT2D eigenvalue weighted by molar-refractivity contribution is -0.123. The molecule has 0 radical (unpaired) electrons. The summed E-state index contributed by atoms with van der Waals surface area (Å²) in [6.07, 6.45) is 12.4. The molecule has 0 saturated heterocycles. The Morgan fingerprint density at radius 1 is 1.11 bits per heavy atom. The predicted octanol–water partition coefficient (Wildman–Crippen LogP) is 5.38. The molecule has 0 amide bonds. The average molecular weight is 252 g/mol. The summed E-state index contributed by atoms with van der Waals surface area (Å²) in [4.78, 5) is 12.1. The molecule has 1 aliphatic rings. The van der Waals surface area contributed by atoms with Crippen LogP contribution in [-0.4, -0.2) is 5.78 Å². The third-order valence-electron chi connectivity index (χ3n) is 4.63. The molecule has 1 aliphatic carbocycles. The first-order valence-electron chi connectivity index (χ1n) is 8.16. The van der Waals surface area contributed by atoms with Crippen LogP contribution >= 0.6 is 0 Å². The van der Waals surface area contributed by atoms with Crippen LogP contribution in [0.4, 0.5) is 0 Å². The summed E-state index contributed by atoms with van der Waals surface area (Å²) >= 11 is 0. The number of rotatable bonds is 5. The van der Waals surface area contributed by atoms with E-state index in [1.807, 2.05) is 0 Å². The molecule has 0 aromatic heterocycles. The van der Waals surface area contributed by atoms with Crippen molar-refractivity contribution in [2.24, 2.45) is 17.8 Å². The molecule has 0 spiro atoms. The van der Waals surface area contributed by atoms with E-state index in [-0.39, 0.29) is 0 Å². The second-order valence-electron chi connectivity index (χ2n) is 6.55. The van der Waals surface area contributed by atoms with Crippen molar-refractivity contribution in [2.45, 2.75) is 85.0 Å². The molecule has 0 aromatic rings. The van der Waals surface area contributed by atoms with Crippen LogP contribution in [0.15, 0.2) is 0 Å². The molecule has 1 nitrogen and oxygen atoms in total. The van der Waals surface area contributed by atoms with Gasteiger partial charge in [0.25, 0.3) is 0 Å². The van der Waals surface area contributed by atoms with Gasteiger partial charge < -0.3 is 0 Å². The van der Waals surface area contributed by atoms with Gasteiger partial charge in [-0.25, -0.2) is 0 Å². The van der Waals surface area contributed by atoms with E-state index < -0.39 is 0 Å². The highest BCUT2D eigenvalue weighted by Gasteiger charge is 2.19. The summed E-state index contributed by atoms with van der Waals surface area (Å²) in [5.74, 6) is 2.40. The molecular weight excluding hydrogens is 220 g/mol. The number of hydrogen-bond acceptors (Lipinski definition) is 1. The van der Waals surface area contributed by atoms with Gasteiger partial charge in [-0.1, -0.05) is 72.1 Å². The van der Waals surface area contributed by atoms with Crippen LogP contribution in [0.5, 0.6) is 0 Å². The molecule has 0 heterocycles. The molecule has 0 bridgehead atoms. The number of hydrogen-bond donors (Lipinski definition) is 0. The van der Waals surface area contributed by atoms with E-state index in [2.05, 4.69) is 20.8 Å². The van der Waals surface area contributed by atoms with E-state index in [0.717, 1.165) is 25.2 Å². The minimum absolute atomic E-state index is 0.293. The molecule has 0 aliphatic heterocycles. The van der Waals surface area contributed by atoms with Crippen molar-refractivity contribution in [3.63, 3.8) is 0 Å². The number of ketones is 1. The summed E-state index contributed by atoms with van der Waals surface area (Å²) in [6.45, 7) is 6.67. The standard InChI is InChI=1S/C17H32O/c1-4-8-15(3)17(18)13-16-11-6-5-9-14(2)10-7-12-16/h14-16H,4-13H2,1-3H3. The Hall–Kier alpha value is -0.330. The maximum absolute atomic E-state index is 12.1. The highest BCUT2D eigenvalue weighted by Crippen LogP contribution is 2.28. The van der Waals surface area contributed by atoms with E-state index >= 15 is 0 Å². The van der Waals surface area contributed by atoms with Gasteiger partial charge in [0, 0.05) is 12.3 Å². The molecular formula is C17H32O. The van der Waals surface area contributed by atoms with Crippen LogP contribution < -0.4 is 0 Å². The van der Waals surface area contributed by atoms with Crippen LogP contribution in [0, 0.1) is 17.8 Å². The quantitative estimate of drug-likeness (QED) is 0.642. The molecule has 1 saturated carbocycles. The first-order chi connectivity index (χ1) is 8.63. The Balaban J connectivity index is 2.36. The Bertz CT molecular complexity index is 234. The minimum Gasteiger partial charge on any atom is -0.299 e. The number of carbonyl (C=O) groups is 1. The fourth-order valence-corrected chi connectivity index (χ4v) is 3.25. The molecule has 3 atom stereocenters. The van der Waals surface area contributed by atoms with Crippen molar-refractivity contribution in [2.75, 3.05) is 0 Å². The summed E-state index contributed by atoms with van der Waals surface area (Å²) in [6, 6.07) is 0. The normalized spacial score (nSPS) is 27.9. The predicted molar refractivity (Wildman–Crippen MR) is 78.7 cm³/mol. The van der Waals surface area contributed by atoms with Gasteiger partial charge in [-0.2, -0.15) is 0 Å². The van der Waals surface area contributed by atoms with Crippen molar-refractivity contribution >= 4 is 5.78 Å². The van der Waals surface area contributed by atoms with Crippen molar-refractivity contribution < 1.29 is 4.79 Å². The van der Waals surface area contributed by atoms with Gasteiger partial charge in [0.2, 0.25) is 0 Å². The molecule has 0 aromatic carbocycles. The van der Waals surface area contributed by atoms with Gasteiger partial charge in [0.1, 0.15) is 5.78 Å². The molecule has 3 unspecified atom stereocenters. The third-order valence-corrected chi connectivity index (χ3v) is 4.63. The molecule has 1 fully saturated rings. The highest BCUT2D eigenvalue weighted by molar-refractivity contribution is 5.80. The Morgan fingerprint density at radius 2 is 1.72 bits per heavy atom. The molecule has 1 rings (SSSR count). The molecule has 1 heteroatoms. The van der Waals surface area contributed by atoms with E-state index in [1.54, 1.807) is 0 Å². The SMILES string of the molecule is CCCC(C)C(=O)CC1CCCCC(C)CCC1. The molecule has 106 valence electrons. The van der Waals surface area contributed by atoms with Gasteiger partial charge >= 0.3 is 0 Å². The van der Waals surface area contributed by atoms with Crippen molar-refractivity contribution in [1.82, 2.24) is 0 Å². The fraction of sp³-hybridized carbons (Fsp3) is 0.941. The van der Waals surface area contributed by atoms with Crippen molar-refractivity contribution in [3.8, 4) is 0 Å². The van der Waals surface area contributed by atoms with Gasteiger partial charge in [-0.05, 0) is 18.3 Å². The number of Topliss-reactive ketones (excluding diaryl/α,β-unsaturated/α-hetero) is 1. The van der Waals surface area contributed by atoms with Crippen LogP contribution in [0.2, 0.25) is 0 Å². The lowest BCUT2D eigenvalue weighted by atomic mass is 9.87. The van der Waals surface area contributed by atoms with E-state index in [1.165, 1.54) is 44.9 Å². The lowest BCUT2D eigenvalue weighted by Gasteiger charge is -2.17. The van der Waals surface area contributed by atoms with Crippen molar-refractivity contribution in [3.05, 3.63) is 0 Å². The highest BCUT2D eigenvalue weighted by atomic mass is 16.1. The summed E-state index contributed by atoms with van der Waals surface area (Å²) in [5, 5.41) is 0. The third kappa shape index (κ3) is 6.02. The first kappa shape index (κ1) is 15.7. The van der Waals surface area contributed by atoms with E-state index in [9.17, 15) is 4.79 Å². The van der Waals surface area contributed by atoms with Crippen LogP contribution in [0.25, 0.3) is 0 Å². The second-order valence-corrected chi connectivity index (χ2v) is 6.55. The lowest BCUT2D eigenvalue weighted by Crippen LogP contribution is -2.16. The van der Waals surface area contributed by atoms with Crippen LogP contribution in [0.1, 0.15) is 85.0 Å². The Labute approximate surface area is 114 Å². The Kier molecular flexibility index (Phi) is 7.62. The Morgan fingerprint density at radius 3 is 2.44 bits per heavy atom. The zero-order chi connectivity index (χ0) is 13.4. The first-order valence-corrected chi connectivity index (χ1v) is 8.16. The van der Waals surface area contributed by atoms with Crippen LogP contribution in [0.3, 0.4) is 0 Å². The van der Waals surface area contributed by atoms with Crippen molar-refractivity contribution in [1.29, 1.82) is 0 Å². The second kappa shape index (κ2) is 8.72. The van der Waals surface area contributed by atoms with Gasteiger partial charge in [0.05, 0.1) is 0 Å². The summed E-state index contributed by atoms with van der Waals surface area (Å²) in [5.41, 5.74) is 0. The van der Waals surface area contributed by atoms with Crippen LogP contribution in [-0.2, 0) is 4.79 Å². The summed E-state index contributed by atoms with van der Waals surface area (Å²) < 4.78 is 0. The topological polar surface area (TPSA) is 17.1 Å². The zero-order valence-electron chi connectivity index (χ0n) is 12.7. The largest absolute Gasteiger partial charge is 0.299 e. The minimum atomic E-state index is 0.293. The number of carbonyl (C=O) groups excluding carboxylic acids is 1. The van der Waals surface area contributed by atoms with Gasteiger partial charge in [-0.15, -0.1) is 0 Å². The molecule has 0 N–H and O–H groups in total. The van der Waals surface area contributed by atoms with E-state index in [4.69, 9.17) is 0 Å². The maximum atomic E-state index is 12.1. The molecule has 18 heavy (non-hydrogen) atoms. The monoisotopic (exact) mass is 252 g/mol. The summed E-state index contributed by atoms with van der Waals surface area (Å²) in [7, 11) is 0. The average Bonchev–Trinajstić information content (AvgIpc) is 2.42.